The first-order valence-electron chi connectivity index (χ1n) is 6.79. The van der Waals surface area contributed by atoms with E-state index in [0.717, 1.165) is 19.3 Å². The summed E-state index contributed by atoms with van der Waals surface area (Å²) in [6.07, 6.45) is 3.15. The molecule has 19 heavy (non-hydrogen) atoms. The molecule has 108 valence electrons. The smallest absolute Gasteiger partial charge is 0.328 e. The maximum absolute atomic E-state index is 12.3. The van der Waals surface area contributed by atoms with Gasteiger partial charge in [0, 0.05) is 12.6 Å². The molecule has 2 unspecified atom stereocenters. The van der Waals surface area contributed by atoms with Crippen LogP contribution in [0.1, 0.15) is 33.1 Å². The highest BCUT2D eigenvalue weighted by atomic mass is 16.5. The first kappa shape index (κ1) is 14.1. The second-order valence-corrected chi connectivity index (χ2v) is 6.01. The summed E-state index contributed by atoms with van der Waals surface area (Å²) in [6.45, 7) is 5.07. The minimum absolute atomic E-state index is 0.0663. The number of carbonyl (C=O) groups excluding carboxylic acids is 1. The first-order valence-corrected chi connectivity index (χ1v) is 6.79. The van der Waals surface area contributed by atoms with Gasteiger partial charge < -0.3 is 20.1 Å². The number of carboxylic acid groups (broad SMARTS) is 1. The van der Waals surface area contributed by atoms with Crippen molar-refractivity contribution < 1.29 is 19.4 Å². The molecule has 1 saturated carbocycles. The van der Waals surface area contributed by atoms with Crippen molar-refractivity contribution in [1.82, 2.24) is 10.2 Å². The monoisotopic (exact) mass is 270 g/mol. The van der Waals surface area contributed by atoms with E-state index in [2.05, 4.69) is 19.2 Å². The number of morpholine rings is 1. The van der Waals surface area contributed by atoms with Crippen LogP contribution in [0.2, 0.25) is 0 Å². The Morgan fingerprint density at radius 2 is 2.16 bits per heavy atom. The molecule has 6 heteroatoms. The summed E-state index contributed by atoms with van der Waals surface area (Å²) in [4.78, 5) is 24.8. The zero-order valence-electron chi connectivity index (χ0n) is 11.5. The maximum atomic E-state index is 12.3. The highest BCUT2D eigenvalue weighted by molar-refractivity contribution is 5.83. The van der Waals surface area contributed by atoms with Gasteiger partial charge in [0.1, 0.15) is 0 Å². The topological polar surface area (TPSA) is 78.9 Å². The third-order valence-corrected chi connectivity index (χ3v) is 4.23. The van der Waals surface area contributed by atoms with Crippen molar-refractivity contribution in [3.8, 4) is 0 Å². The predicted octanol–water partition coefficient (Wildman–Crippen LogP) is 1.06. The Hall–Kier alpha value is -1.30. The number of rotatable bonds is 2. The number of nitrogens with one attached hydrogen (secondary N) is 1. The molecular formula is C13H22N2O4. The van der Waals surface area contributed by atoms with Gasteiger partial charge in [-0.15, -0.1) is 0 Å². The normalized spacial score (nSPS) is 30.1. The molecule has 0 aromatic carbocycles. The van der Waals surface area contributed by atoms with Crippen LogP contribution in [-0.2, 0) is 9.53 Å². The van der Waals surface area contributed by atoms with Crippen LogP contribution in [0.5, 0.6) is 0 Å². The van der Waals surface area contributed by atoms with Crippen LogP contribution in [0, 0.1) is 5.41 Å². The van der Waals surface area contributed by atoms with E-state index in [1.54, 1.807) is 0 Å². The lowest BCUT2D eigenvalue weighted by Crippen LogP contribution is -2.58. The summed E-state index contributed by atoms with van der Waals surface area (Å²) < 4.78 is 5.13. The first-order chi connectivity index (χ1) is 8.92. The molecule has 0 spiro atoms. The van der Waals surface area contributed by atoms with Gasteiger partial charge in [-0.3, -0.25) is 0 Å². The summed E-state index contributed by atoms with van der Waals surface area (Å²) in [6, 6.07) is -1.04. The molecule has 2 amide bonds. The standard InChI is InChI=1S/C13H22N2O4/c1-13(2)5-3-4-10(13)14-12(18)15-6-7-19-8-9(15)11(16)17/h9-10H,3-8H2,1-2H3,(H,14,18)(H,16,17). The van der Waals surface area contributed by atoms with Crippen molar-refractivity contribution in [3.05, 3.63) is 0 Å². The molecule has 1 aliphatic heterocycles. The lowest BCUT2D eigenvalue weighted by molar-refractivity contribution is -0.147. The van der Waals surface area contributed by atoms with E-state index in [1.165, 1.54) is 4.90 Å². The molecule has 1 heterocycles. The summed E-state index contributed by atoms with van der Waals surface area (Å²) in [5, 5.41) is 12.1. The van der Waals surface area contributed by atoms with E-state index >= 15 is 0 Å². The van der Waals surface area contributed by atoms with E-state index in [9.17, 15) is 9.59 Å². The Balaban J connectivity index is 2.00. The van der Waals surface area contributed by atoms with E-state index < -0.39 is 12.0 Å². The highest BCUT2D eigenvalue weighted by Gasteiger charge is 2.38. The third kappa shape index (κ3) is 3.00. The summed E-state index contributed by atoms with van der Waals surface area (Å²) >= 11 is 0. The summed E-state index contributed by atoms with van der Waals surface area (Å²) in [7, 11) is 0. The van der Waals surface area contributed by atoms with E-state index in [0.29, 0.717) is 13.2 Å². The molecule has 2 fully saturated rings. The number of hydrogen-bond acceptors (Lipinski definition) is 3. The van der Waals surface area contributed by atoms with Crippen molar-refractivity contribution in [2.75, 3.05) is 19.8 Å². The molecule has 2 aliphatic rings. The number of ether oxygens (including phenoxy) is 1. The van der Waals surface area contributed by atoms with Gasteiger partial charge in [0.2, 0.25) is 0 Å². The minimum atomic E-state index is -1.01. The van der Waals surface area contributed by atoms with E-state index in [-0.39, 0.29) is 24.1 Å². The molecule has 0 bridgehead atoms. The Morgan fingerprint density at radius 3 is 2.74 bits per heavy atom. The van der Waals surface area contributed by atoms with Crippen LogP contribution >= 0.6 is 0 Å². The predicted molar refractivity (Wildman–Crippen MR) is 68.9 cm³/mol. The van der Waals surface area contributed by atoms with Crippen molar-refractivity contribution in [2.45, 2.75) is 45.2 Å². The van der Waals surface area contributed by atoms with Gasteiger partial charge in [0.15, 0.2) is 6.04 Å². The number of urea groups is 1. The van der Waals surface area contributed by atoms with Gasteiger partial charge in [-0.05, 0) is 18.3 Å². The Morgan fingerprint density at radius 1 is 1.42 bits per heavy atom. The number of amides is 2. The minimum Gasteiger partial charge on any atom is -0.480 e. The number of carboxylic acids is 1. The van der Waals surface area contributed by atoms with Gasteiger partial charge in [-0.2, -0.15) is 0 Å². The fourth-order valence-electron chi connectivity index (χ4n) is 2.88. The lowest BCUT2D eigenvalue weighted by atomic mass is 9.87. The Labute approximate surface area is 113 Å². The van der Waals surface area contributed by atoms with Crippen LogP contribution in [-0.4, -0.2) is 53.8 Å². The molecule has 2 N–H and O–H groups in total. The molecule has 0 radical (unpaired) electrons. The largest absolute Gasteiger partial charge is 0.480 e. The summed E-state index contributed by atoms with van der Waals surface area (Å²) in [5.41, 5.74) is 0.0840. The molecule has 2 rings (SSSR count). The number of nitrogens with zero attached hydrogens (tertiary/aromatic N) is 1. The van der Waals surface area contributed by atoms with Crippen LogP contribution < -0.4 is 5.32 Å². The van der Waals surface area contributed by atoms with Gasteiger partial charge >= 0.3 is 12.0 Å². The Kier molecular flexibility index (Phi) is 3.99. The summed E-state index contributed by atoms with van der Waals surface area (Å²) in [5.74, 6) is -1.01. The zero-order valence-corrected chi connectivity index (χ0v) is 11.5. The van der Waals surface area contributed by atoms with Crippen LogP contribution in [0.3, 0.4) is 0 Å². The van der Waals surface area contributed by atoms with Crippen LogP contribution in [0.4, 0.5) is 4.79 Å². The molecule has 2 atom stereocenters. The fraction of sp³-hybridized carbons (Fsp3) is 0.846. The Bertz CT molecular complexity index is 370. The van der Waals surface area contributed by atoms with Crippen molar-refractivity contribution >= 4 is 12.0 Å². The molecular weight excluding hydrogens is 248 g/mol. The SMILES string of the molecule is CC1(C)CCCC1NC(=O)N1CCOCC1C(=O)O. The van der Waals surface area contributed by atoms with Crippen molar-refractivity contribution in [3.63, 3.8) is 0 Å². The average Bonchev–Trinajstić information content (AvgIpc) is 2.68. The van der Waals surface area contributed by atoms with Gasteiger partial charge in [-0.1, -0.05) is 20.3 Å². The third-order valence-electron chi connectivity index (χ3n) is 4.23. The van der Waals surface area contributed by atoms with E-state index in [4.69, 9.17) is 9.84 Å². The van der Waals surface area contributed by atoms with Gasteiger partial charge in [-0.25, -0.2) is 9.59 Å². The van der Waals surface area contributed by atoms with Crippen molar-refractivity contribution in [2.24, 2.45) is 5.41 Å². The zero-order chi connectivity index (χ0) is 14.0. The van der Waals surface area contributed by atoms with Crippen LogP contribution in [0.25, 0.3) is 0 Å². The molecule has 6 nitrogen and oxygen atoms in total. The highest BCUT2D eigenvalue weighted by Crippen LogP contribution is 2.37. The second-order valence-electron chi connectivity index (χ2n) is 6.01. The molecule has 0 aromatic rings. The van der Waals surface area contributed by atoms with Crippen molar-refractivity contribution in [1.29, 1.82) is 0 Å². The average molecular weight is 270 g/mol. The second kappa shape index (κ2) is 5.36. The number of aliphatic carboxylic acids is 1. The number of carbonyl (C=O) groups is 2. The maximum Gasteiger partial charge on any atom is 0.328 e. The van der Waals surface area contributed by atoms with Gasteiger partial charge in [0.25, 0.3) is 0 Å². The molecule has 0 aromatic heterocycles. The lowest BCUT2D eigenvalue weighted by Gasteiger charge is -2.36. The van der Waals surface area contributed by atoms with Gasteiger partial charge in [0.05, 0.1) is 13.2 Å². The van der Waals surface area contributed by atoms with Crippen LogP contribution in [0.15, 0.2) is 0 Å². The van der Waals surface area contributed by atoms with E-state index in [1.807, 2.05) is 0 Å². The quantitative estimate of drug-likeness (QED) is 0.786. The number of hydrogen-bond donors (Lipinski definition) is 2. The molecule has 1 aliphatic carbocycles. The fourth-order valence-corrected chi connectivity index (χ4v) is 2.88. The molecule has 1 saturated heterocycles.